The fourth-order valence-corrected chi connectivity index (χ4v) is 3.47. The first kappa shape index (κ1) is 25.9. The number of nitrogens with zero attached hydrogens (tertiary/aromatic N) is 3. The predicted octanol–water partition coefficient (Wildman–Crippen LogP) is 6.33. The second-order valence-corrected chi connectivity index (χ2v) is 10.4. The number of fused-ring (bicyclic) bond motifs is 1. The minimum Gasteiger partial charge on any atom is -0.444 e. The number of ether oxygens (including phenoxy) is 2. The fourth-order valence-electron chi connectivity index (χ4n) is 3.47. The van der Waals surface area contributed by atoms with Gasteiger partial charge in [-0.25, -0.2) is 19.1 Å². The number of pyridine rings is 1. The van der Waals surface area contributed by atoms with Crippen LogP contribution in [0.4, 0.5) is 9.59 Å². The highest BCUT2D eigenvalue weighted by atomic mass is 16.6. The molecule has 186 valence electrons. The van der Waals surface area contributed by atoms with E-state index < -0.39 is 29.4 Å². The van der Waals surface area contributed by atoms with Crippen LogP contribution in [0.1, 0.15) is 65.5 Å². The number of aromatic nitrogens is 3. The number of rotatable bonds is 5. The number of alkyl carbamates (subject to hydrolysis) is 1. The van der Waals surface area contributed by atoms with Crippen molar-refractivity contribution < 1.29 is 19.1 Å². The van der Waals surface area contributed by atoms with E-state index in [2.05, 4.69) is 16.9 Å². The third-order valence-corrected chi connectivity index (χ3v) is 4.85. The summed E-state index contributed by atoms with van der Waals surface area (Å²) in [6.07, 6.45) is 2.40. The minimum absolute atomic E-state index is 0.321. The summed E-state index contributed by atoms with van der Waals surface area (Å²) in [4.78, 5) is 35.0. The van der Waals surface area contributed by atoms with Crippen molar-refractivity contribution in [3.63, 3.8) is 0 Å². The van der Waals surface area contributed by atoms with Gasteiger partial charge in [0, 0.05) is 22.8 Å². The van der Waals surface area contributed by atoms with Crippen LogP contribution in [0, 0.1) is 6.92 Å². The summed E-state index contributed by atoms with van der Waals surface area (Å²) in [5.41, 5.74) is 1.79. The maximum Gasteiger partial charge on any atom is 0.420 e. The van der Waals surface area contributed by atoms with Crippen LogP contribution >= 0.6 is 0 Å². The molecule has 3 aromatic rings. The molecule has 0 saturated heterocycles. The summed E-state index contributed by atoms with van der Waals surface area (Å²) in [6.45, 7) is 16.5. The Labute approximate surface area is 206 Å². The van der Waals surface area contributed by atoms with Crippen LogP contribution in [-0.4, -0.2) is 37.9 Å². The molecule has 1 aromatic carbocycles. The third-order valence-electron chi connectivity index (χ3n) is 4.85. The Bertz CT molecular complexity index is 1250. The van der Waals surface area contributed by atoms with Crippen molar-refractivity contribution in [1.29, 1.82) is 0 Å². The van der Waals surface area contributed by atoms with E-state index in [4.69, 9.17) is 14.5 Å². The van der Waals surface area contributed by atoms with Crippen LogP contribution in [0.5, 0.6) is 0 Å². The van der Waals surface area contributed by atoms with Gasteiger partial charge in [0.2, 0.25) is 0 Å². The first-order valence-electron chi connectivity index (χ1n) is 11.6. The Morgan fingerprint density at radius 2 is 1.74 bits per heavy atom. The second kappa shape index (κ2) is 9.90. The lowest BCUT2D eigenvalue weighted by Gasteiger charge is -2.24. The number of imidazole rings is 1. The zero-order chi connectivity index (χ0) is 26.0. The normalized spacial score (nSPS) is 12.8. The van der Waals surface area contributed by atoms with E-state index in [1.165, 1.54) is 4.57 Å². The lowest BCUT2D eigenvalue weighted by Crippen LogP contribution is -2.37. The first-order chi connectivity index (χ1) is 16.3. The van der Waals surface area contributed by atoms with Crippen molar-refractivity contribution >= 4 is 23.1 Å². The van der Waals surface area contributed by atoms with E-state index in [1.807, 2.05) is 37.3 Å². The summed E-state index contributed by atoms with van der Waals surface area (Å²) in [5, 5.41) is 3.77. The third kappa shape index (κ3) is 6.91. The number of aryl methyl sites for hydroxylation is 1. The summed E-state index contributed by atoms with van der Waals surface area (Å²) >= 11 is 0. The van der Waals surface area contributed by atoms with Gasteiger partial charge in [-0.2, -0.15) is 0 Å². The van der Waals surface area contributed by atoms with E-state index in [0.29, 0.717) is 17.9 Å². The SMILES string of the molecule is C=CC[C@H](NC(=O)OC(C)(C)C)c1nc(-c2ccc3nc(C)ccc3c2)cn1C(=O)OC(C)(C)C. The van der Waals surface area contributed by atoms with Gasteiger partial charge in [0.1, 0.15) is 17.0 Å². The zero-order valence-corrected chi connectivity index (χ0v) is 21.5. The van der Waals surface area contributed by atoms with Crippen molar-refractivity contribution in [2.24, 2.45) is 0 Å². The lowest BCUT2D eigenvalue weighted by atomic mass is 10.1. The summed E-state index contributed by atoms with van der Waals surface area (Å²) in [6, 6.07) is 9.08. The Hall–Kier alpha value is -3.68. The molecule has 8 nitrogen and oxygen atoms in total. The van der Waals surface area contributed by atoms with E-state index in [0.717, 1.165) is 22.2 Å². The molecule has 2 heterocycles. The van der Waals surface area contributed by atoms with Crippen LogP contribution in [-0.2, 0) is 9.47 Å². The average molecular weight is 479 g/mol. The van der Waals surface area contributed by atoms with Gasteiger partial charge in [-0.05, 0) is 73.1 Å². The molecule has 0 bridgehead atoms. The number of carbonyl (C=O) groups excluding carboxylic acids is 2. The molecule has 0 spiro atoms. The predicted molar refractivity (Wildman–Crippen MR) is 136 cm³/mol. The molecule has 8 heteroatoms. The molecule has 1 amide bonds. The number of carbonyl (C=O) groups is 2. The molecule has 1 atom stereocenters. The molecule has 0 unspecified atom stereocenters. The smallest absolute Gasteiger partial charge is 0.420 e. The first-order valence-corrected chi connectivity index (χ1v) is 11.6. The molecule has 0 aliphatic heterocycles. The maximum atomic E-state index is 13.1. The van der Waals surface area contributed by atoms with E-state index in [-0.39, 0.29) is 0 Å². The van der Waals surface area contributed by atoms with Gasteiger partial charge < -0.3 is 14.8 Å². The van der Waals surface area contributed by atoms with Crippen LogP contribution < -0.4 is 5.32 Å². The number of hydrogen-bond donors (Lipinski definition) is 1. The van der Waals surface area contributed by atoms with E-state index in [1.54, 1.807) is 53.8 Å². The molecular weight excluding hydrogens is 444 g/mol. The molecule has 0 radical (unpaired) electrons. The number of benzene rings is 1. The van der Waals surface area contributed by atoms with Gasteiger partial charge in [-0.1, -0.05) is 18.2 Å². The number of amides is 1. The molecule has 0 saturated carbocycles. The van der Waals surface area contributed by atoms with Crippen molar-refractivity contribution in [3.05, 3.63) is 60.7 Å². The summed E-state index contributed by atoms with van der Waals surface area (Å²) < 4.78 is 12.4. The van der Waals surface area contributed by atoms with Gasteiger partial charge in [-0.15, -0.1) is 6.58 Å². The molecular formula is C27H34N4O4. The monoisotopic (exact) mass is 478 g/mol. The Kier molecular flexibility index (Phi) is 7.33. The summed E-state index contributed by atoms with van der Waals surface area (Å²) in [5.74, 6) is 0.321. The standard InChI is InChI=1S/C27H34N4O4/c1-9-10-21(30-24(32)34-26(3,4)5)23-29-22(16-31(23)25(33)35-27(6,7)8)19-13-14-20-18(15-19)12-11-17(2)28-20/h9,11-16,21H,1,10H2,2-8H3,(H,30,32)/t21-/m0/s1. The Morgan fingerprint density at radius 1 is 1.06 bits per heavy atom. The highest BCUT2D eigenvalue weighted by molar-refractivity contribution is 5.84. The molecule has 2 aromatic heterocycles. The lowest BCUT2D eigenvalue weighted by molar-refractivity contribution is 0.0473. The van der Waals surface area contributed by atoms with Crippen LogP contribution in [0.25, 0.3) is 22.2 Å². The quantitative estimate of drug-likeness (QED) is 0.430. The molecule has 35 heavy (non-hydrogen) atoms. The molecule has 0 aliphatic carbocycles. The van der Waals surface area contributed by atoms with Crippen LogP contribution in [0.15, 0.2) is 49.2 Å². The fraction of sp³-hybridized carbons (Fsp3) is 0.407. The molecule has 0 fully saturated rings. The number of nitrogens with one attached hydrogen (secondary N) is 1. The van der Waals surface area contributed by atoms with Crippen molar-refractivity contribution in [1.82, 2.24) is 19.9 Å². The Balaban J connectivity index is 2.07. The van der Waals surface area contributed by atoms with Crippen molar-refractivity contribution in [2.75, 3.05) is 0 Å². The second-order valence-electron chi connectivity index (χ2n) is 10.4. The van der Waals surface area contributed by atoms with Crippen LogP contribution in [0.3, 0.4) is 0 Å². The highest BCUT2D eigenvalue weighted by Gasteiger charge is 2.28. The average Bonchev–Trinajstić information content (AvgIpc) is 3.16. The Morgan fingerprint density at radius 3 is 2.37 bits per heavy atom. The summed E-state index contributed by atoms with van der Waals surface area (Å²) in [7, 11) is 0. The van der Waals surface area contributed by atoms with Crippen molar-refractivity contribution in [2.45, 2.75) is 72.1 Å². The molecule has 0 aliphatic rings. The number of hydrogen-bond acceptors (Lipinski definition) is 6. The molecule has 3 rings (SSSR count). The van der Waals surface area contributed by atoms with E-state index >= 15 is 0 Å². The minimum atomic E-state index is -0.711. The zero-order valence-electron chi connectivity index (χ0n) is 21.5. The largest absolute Gasteiger partial charge is 0.444 e. The van der Waals surface area contributed by atoms with Gasteiger partial charge in [0.25, 0.3) is 0 Å². The van der Waals surface area contributed by atoms with Gasteiger partial charge in [0.05, 0.1) is 17.3 Å². The maximum absolute atomic E-state index is 13.1. The van der Waals surface area contributed by atoms with Crippen molar-refractivity contribution in [3.8, 4) is 11.3 Å². The van der Waals surface area contributed by atoms with E-state index in [9.17, 15) is 9.59 Å². The topological polar surface area (TPSA) is 95.3 Å². The van der Waals surface area contributed by atoms with Gasteiger partial charge in [0.15, 0.2) is 0 Å². The van der Waals surface area contributed by atoms with Gasteiger partial charge >= 0.3 is 12.2 Å². The highest BCUT2D eigenvalue weighted by Crippen LogP contribution is 2.27. The molecule has 1 N–H and O–H groups in total. The van der Waals surface area contributed by atoms with Gasteiger partial charge in [-0.3, -0.25) is 4.98 Å². The van der Waals surface area contributed by atoms with Crippen LogP contribution in [0.2, 0.25) is 0 Å².